The molecule has 0 spiro atoms. The van der Waals surface area contributed by atoms with E-state index in [1.54, 1.807) is 4.57 Å². The first kappa shape index (κ1) is 24.5. The van der Waals surface area contributed by atoms with Gasteiger partial charge in [0, 0.05) is 42.4 Å². The van der Waals surface area contributed by atoms with E-state index < -0.39 is 0 Å². The van der Waals surface area contributed by atoms with E-state index in [9.17, 15) is 4.79 Å². The van der Waals surface area contributed by atoms with Crippen molar-refractivity contribution in [2.45, 2.75) is 45.6 Å². The summed E-state index contributed by atoms with van der Waals surface area (Å²) < 4.78 is 1.78. The van der Waals surface area contributed by atoms with E-state index in [1.807, 2.05) is 48.5 Å². The molecule has 1 atom stereocenters. The molecule has 2 saturated heterocycles. The molecule has 7 heteroatoms. The molecule has 7 nitrogen and oxygen atoms in total. The Balaban J connectivity index is 1.33. The van der Waals surface area contributed by atoms with Gasteiger partial charge in [0.25, 0.3) is 0 Å². The second kappa shape index (κ2) is 11.3. The smallest absolute Gasteiger partial charge is 0.330 e. The Labute approximate surface area is 214 Å². The van der Waals surface area contributed by atoms with E-state index in [-0.39, 0.29) is 6.03 Å². The molecule has 0 radical (unpaired) electrons. The molecule has 3 heterocycles. The van der Waals surface area contributed by atoms with Gasteiger partial charge in [0.15, 0.2) is 0 Å². The van der Waals surface area contributed by atoms with Crippen LogP contribution < -0.4 is 10.6 Å². The number of piperazine rings is 1. The summed E-state index contributed by atoms with van der Waals surface area (Å²) in [5.41, 5.74) is 3.63. The molecule has 0 aliphatic carbocycles. The van der Waals surface area contributed by atoms with Crippen molar-refractivity contribution < 1.29 is 4.79 Å². The molecule has 0 saturated carbocycles. The minimum absolute atomic E-state index is 0.134. The van der Waals surface area contributed by atoms with Crippen molar-refractivity contribution >= 4 is 34.1 Å². The number of fused-ring (bicyclic) bond motifs is 1. The van der Waals surface area contributed by atoms with Gasteiger partial charge in [0.1, 0.15) is 5.84 Å². The Hall–Kier alpha value is -3.16. The van der Waals surface area contributed by atoms with Crippen molar-refractivity contribution in [1.29, 1.82) is 0 Å². The zero-order valence-corrected chi connectivity index (χ0v) is 21.5. The lowest BCUT2D eigenvalue weighted by Gasteiger charge is -2.37. The summed E-state index contributed by atoms with van der Waals surface area (Å²) >= 11 is 0. The summed E-state index contributed by atoms with van der Waals surface area (Å²) in [5.74, 6) is 1.15. The monoisotopic (exact) mass is 486 g/mol. The second-order valence-electron chi connectivity index (χ2n) is 10.0. The maximum absolute atomic E-state index is 13.2. The maximum Gasteiger partial charge on any atom is 0.330 e. The number of aliphatic imine (C=N–C) groups is 1. The average molecular weight is 487 g/mol. The number of likely N-dealkylation sites (tertiary alicyclic amines) is 1. The molecule has 190 valence electrons. The summed E-state index contributed by atoms with van der Waals surface area (Å²) in [4.78, 5) is 23.3. The van der Waals surface area contributed by atoms with Gasteiger partial charge < -0.3 is 15.5 Å². The third kappa shape index (κ3) is 5.63. The van der Waals surface area contributed by atoms with Crippen LogP contribution in [0.15, 0.2) is 59.6 Å². The Kier molecular flexibility index (Phi) is 7.68. The lowest BCUT2D eigenvalue weighted by molar-refractivity contribution is 0.238. The summed E-state index contributed by atoms with van der Waals surface area (Å²) in [5, 5.41) is 7.69. The number of aromatic nitrogens is 1. The quantitative estimate of drug-likeness (QED) is 0.389. The van der Waals surface area contributed by atoms with Crippen molar-refractivity contribution in [1.82, 2.24) is 19.7 Å². The highest BCUT2D eigenvalue weighted by atomic mass is 16.2. The molecule has 5 rings (SSSR count). The fourth-order valence-corrected chi connectivity index (χ4v) is 5.35. The standard InChI is InChI=1S/C29H38N6O/c1-3-26-19-23-9-5-6-10-27(23)35(26)29(36)32-25-13-11-24(12-14-25)31-28(21-33-16-7-4-8-17-33)34-18-15-30-22(2)20-34/h5-6,9-14,19,22,30H,3-4,7-8,15-18,20-21H2,1-2H3,(H,32,36)/t22-/m0/s1. The molecule has 1 amide bonds. The van der Waals surface area contributed by atoms with Crippen molar-refractivity contribution in [3.05, 3.63) is 60.3 Å². The molecule has 2 fully saturated rings. The zero-order chi connectivity index (χ0) is 24.9. The lowest BCUT2D eigenvalue weighted by Crippen LogP contribution is -2.53. The summed E-state index contributed by atoms with van der Waals surface area (Å²) in [6.45, 7) is 10.5. The van der Waals surface area contributed by atoms with Gasteiger partial charge in [-0.05, 0) is 75.7 Å². The molecule has 0 bridgehead atoms. The number of aryl methyl sites for hydroxylation is 1. The van der Waals surface area contributed by atoms with Gasteiger partial charge in [-0.3, -0.25) is 9.47 Å². The van der Waals surface area contributed by atoms with Crippen molar-refractivity contribution in [3.8, 4) is 0 Å². The fraction of sp³-hybridized carbons (Fsp3) is 0.448. The van der Waals surface area contributed by atoms with Crippen molar-refractivity contribution in [3.63, 3.8) is 0 Å². The van der Waals surface area contributed by atoms with Crippen LogP contribution in [0.25, 0.3) is 10.9 Å². The Morgan fingerprint density at radius 1 is 1.06 bits per heavy atom. The number of nitrogens with one attached hydrogen (secondary N) is 2. The van der Waals surface area contributed by atoms with E-state index in [0.717, 1.165) is 79.5 Å². The number of para-hydroxylation sites is 1. The number of amides is 1. The summed E-state index contributed by atoms with van der Waals surface area (Å²) in [7, 11) is 0. The van der Waals surface area contributed by atoms with E-state index >= 15 is 0 Å². The van der Waals surface area contributed by atoms with Crippen LogP contribution in [0.1, 0.15) is 38.8 Å². The number of nitrogens with zero attached hydrogens (tertiary/aromatic N) is 4. The minimum Gasteiger partial charge on any atom is -0.356 e. The van der Waals surface area contributed by atoms with Crippen LogP contribution in [-0.4, -0.2) is 71.5 Å². The number of piperidine rings is 1. The molecular weight excluding hydrogens is 448 g/mol. The highest BCUT2D eigenvalue weighted by Crippen LogP contribution is 2.23. The molecule has 2 aromatic carbocycles. The first-order valence-electron chi connectivity index (χ1n) is 13.4. The average Bonchev–Trinajstić information content (AvgIpc) is 3.29. The van der Waals surface area contributed by atoms with E-state index in [4.69, 9.17) is 4.99 Å². The van der Waals surface area contributed by atoms with Gasteiger partial charge in [0.2, 0.25) is 0 Å². The third-order valence-electron chi connectivity index (χ3n) is 7.28. The van der Waals surface area contributed by atoms with Crippen LogP contribution in [0.2, 0.25) is 0 Å². The maximum atomic E-state index is 13.2. The first-order valence-corrected chi connectivity index (χ1v) is 13.4. The van der Waals surface area contributed by atoms with Crippen LogP contribution in [0.3, 0.4) is 0 Å². The van der Waals surface area contributed by atoms with Gasteiger partial charge in [-0.2, -0.15) is 0 Å². The number of rotatable bonds is 5. The molecule has 2 N–H and O–H groups in total. The molecule has 36 heavy (non-hydrogen) atoms. The van der Waals surface area contributed by atoms with Crippen LogP contribution in [0.4, 0.5) is 16.2 Å². The summed E-state index contributed by atoms with van der Waals surface area (Å²) in [6.07, 6.45) is 4.67. The number of hydrogen-bond donors (Lipinski definition) is 2. The van der Waals surface area contributed by atoms with Crippen LogP contribution >= 0.6 is 0 Å². The number of benzene rings is 2. The Morgan fingerprint density at radius 2 is 1.83 bits per heavy atom. The summed E-state index contributed by atoms with van der Waals surface area (Å²) in [6, 6.07) is 18.3. The molecular formula is C29H38N6O. The first-order chi connectivity index (χ1) is 17.6. The van der Waals surface area contributed by atoms with E-state index in [2.05, 4.69) is 40.3 Å². The molecule has 2 aliphatic heterocycles. The largest absolute Gasteiger partial charge is 0.356 e. The predicted octanol–water partition coefficient (Wildman–Crippen LogP) is 5.09. The number of anilines is 1. The normalized spacial score (nSPS) is 19.6. The van der Waals surface area contributed by atoms with Crippen LogP contribution in [0.5, 0.6) is 0 Å². The highest BCUT2D eigenvalue weighted by molar-refractivity contribution is 5.99. The van der Waals surface area contributed by atoms with Crippen molar-refractivity contribution in [2.75, 3.05) is 44.6 Å². The topological polar surface area (TPSA) is 64.9 Å². The highest BCUT2D eigenvalue weighted by Gasteiger charge is 2.22. The molecule has 1 aromatic heterocycles. The SMILES string of the molecule is CCc1cc2ccccc2n1C(=O)Nc1ccc(N=C(CN2CCCCC2)N2CCN[C@@H](C)C2)cc1. The van der Waals surface area contributed by atoms with Gasteiger partial charge in [-0.15, -0.1) is 0 Å². The minimum atomic E-state index is -0.134. The van der Waals surface area contributed by atoms with E-state index in [1.165, 1.54) is 19.3 Å². The lowest BCUT2D eigenvalue weighted by atomic mass is 10.1. The second-order valence-corrected chi connectivity index (χ2v) is 10.0. The van der Waals surface area contributed by atoms with Gasteiger partial charge >= 0.3 is 6.03 Å². The molecule has 3 aromatic rings. The Bertz CT molecular complexity index is 1210. The number of carbonyl (C=O) groups excluding carboxylic acids is 1. The fourth-order valence-electron chi connectivity index (χ4n) is 5.35. The van der Waals surface area contributed by atoms with Gasteiger partial charge in [-0.1, -0.05) is 31.5 Å². The van der Waals surface area contributed by atoms with Crippen molar-refractivity contribution in [2.24, 2.45) is 4.99 Å². The van der Waals surface area contributed by atoms with Crippen LogP contribution in [0, 0.1) is 0 Å². The molecule has 0 unspecified atom stereocenters. The molecule has 2 aliphatic rings. The predicted molar refractivity (Wildman–Crippen MR) is 149 cm³/mol. The van der Waals surface area contributed by atoms with Gasteiger partial charge in [0.05, 0.1) is 17.7 Å². The number of carbonyl (C=O) groups is 1. The van der Waals surface area contributed by atoms with Crippen LogP contribution in [-0.2, 0) is 6.42 Å². The van der Waals surface area contributed by atoms with E-state index in [0.29, 0.717) is 6.04 Å². The third-order valence-corrected chi connectivity index (χ3v) is 7.28. The number of hydrogen-bond acceptors (Lipinski definition) is 4. The van der Waals surface area contributed by atoms with Gasteiger partial charge in [-0.25, -0.2) is 9.79 Å². The zero-order valence-electron chi connectivity index (χ0n) is 21.5. The Morgan fingerprint density at radius 3 is 2.58 bits per heavy atom. The number of amidine groups is 1.